The Morgan fingerprint density at radius 1 is 1.20 bits per heavy atom. The largest absolute Gasteiger partial charge is 0.454 e. The third-order valence-electron chi connectivity index (χ3n) is 5.67. The van der Waals surface area contributed by atoms with Crippen molar-refractivity contribution in [1.82, 2.24) is 20.0 Å². The molecule has 0 saturated carbocycles. The van der Waals surface area contributed by atoms with Crippen LogP contribution in [0.15, 0.2) is 48.8 Å². The number of amides is 1. The van der Waals surface area contributed by atoms with Gasteiger partial charge < -0.3 is 19.1 Å². The summed E-state index contributed by atoms with van der Waals surface area (Å²) in [4.78, 5) is 31.7. The number of rotatable bonds is 7. The smallest absolute Gasteiger partial charge is 0.414 e. The van der Waals surface area contributed by atoms with Crippen LogP contribution in [-0.2, 0) is 27.4 Å². The molecular weight excluding hydrogens is 459 g/mol. The highest BCUT2D eigenvalue weighted by molar-refractivity contribution is 5.90. The van der Waals surface area contributed by atoms with E-state index in [9.17, 15) is 14.0 Å². The fourth-order valence-corrected chi connectivity index (χ4v) is 3.95. The average molecular weight is 482 g/mol. The van der Waals surface area contributed by atoms with Crippen molar-refractivity contribution in [2.75, 3.05) is 42.6 Å². The summed E-state index contributed by atoms with van der Waals surface area (Å²) < 4.78 is 32.2. The Hall–Kier alpha value is -4.06. The van der Waals surface area contributed by atoms with Crippen LogP contribution in [0.5, 0.6) is 0 Å². The van der Waals surface area contributed by atoms with Gasteiger partial charge in [-0.1, -0.05) is 11.3 Å². The molecule has 1 amide bonds. The molecule has 0 N–H and O–H groups in total. The second-order valence-corrected chi connectivity index (χ2v) is 8.07. The number of esters is 1. The zero-order valence-corrected chi connectivity index (χ0v) is 18.7. The van der Waals surface area contributed by atoms with Gasteiger partial charge in [-0.2, -0.15) is 0 Å². The summed E-state index contributed by atoms with van der Waals surface area (Å²) in [6.07, 6.45) is 2.05. The predicted octanol–water partition coefficient (Wildman–Crippen LogP) is 2.03. The molecule has 2 saturated heterocycles. The number of benzene rings is 1. The van der Waals surface area contributed by atoms with Crippen LogP contribution in [0.1, 0.15) is 16.2 Å². The van der Waals surface area contributed by atoms with Crippen molar-refractivity contribution in [3.63, 3.8) is 0 Å². The lowest BCUT2D eigenvalue weighted by atomic mass is 10.2. The number of anilines is 2. The number of hydrogen-bond acceptors (Lipinski definition) is 9. The molecule has 11 nitrogen and oxygen atoms in total. The summed E-state index contributed by atoms with van der Waals surface area (Å²) in [5, 5.41) is 7.99. The zero-order chi connectivity index (χ0) is 24.2. The average Bonchev–Trinajstić information content (AvgIpc) is 3.49. The number of carbonyl (C=O) groups is 2. The molecule has 0 unspecified atom stereocenters. The molecular formula is C23H23FN6O5. The van der Waals surface area contributed by atoms with E-state index in [1.807, 2.05) is 4.90 Å². The number of cyclic esters (lactones) is 1. The number of nitrogens with zero attached hydrogens (tertiary/aromatic N) is 6. The quantitative estimate of drug-likeness (QED) is 0.467. The van der Waals surface area contributed by atoms with Crippen molar-refractivity contribution in [1.29, 1.82) is 0 Å². The highest BCUT2D eigenvalue weighted by atomic mass is 19.1. The molecule has 4 heterocycles. The monoisotopic (exact) mass is 482 g/mol. The lowest BCUT2D eigenvalue weighted by molar-refractivity contribution is 0.0460. The second kappa shape index (κ2) is 10.1. The summed E-state index contributed by atoms with van der Waals surface area (Å²) in [6.45, 7) is 2.76. The van der Waals surface area contributed by atoms with E-state index in [0.29, 0.717) is 43.4 Å². The van der Waals surface area contributed by atoms with Crippen LogP contribution in [0.2, 0.25) is 0 Å². The third-order valence-corrected chi connectivity index (χ3v) is 5.67. The van der Waals surface area contributed by atoms with Gasteiger partial charge in [0.25, 0.3) is 0 Å². The Balaban J connectivity index is 1.17. The number of pyridine rings is 1. The lowest BCUT2D eigenvalue weighted by Crippen LogP contribution is -2.36. The molecule has 0 aliphatic carbocycles. The predicted molar refractivity (Wildman–Crippen MR) is 120 cm³/mol. The Morgan fingerprint density at radius 2 is 2.06 bits per heavy atom. The maximum Gasteiger partial charge on any atom is 0.414 e. The topological polar surface area (TPSA) is 112 Å². The van der Waals surface area contributed by atoms with Crippen molar-refractivity contribution in [3.8, 4) is 0 Å². The minimum absolute atomic E-state index is 0.0687. The zero-order valence-electron chi connectivity index (χ0n) is 18.7. The first kappa shape index (κ1) is 22.7. The number of morpholine rings is 1. The van der Waals surface area contributed by atoms with Crippen molar-refractivity contribution in [2.45, 2.75) is 19.3 Å². The number of hydrogen-bond donors (Lipinski definition) is 0. The number of carbonyl (C=O) groups excluding carboxylic acids is 2. The Bertz CT molecular complexity index is 1200. The van der Waals surface area contributed by atoms with Gasteiger partial charge in [-0.05, 0) is 30.3 Å². The van der Waals surface area contributed by atoms with E-state index < -0.39 is 24.0 Å². The molecule has 2 fully saturated rings. The maximum atomic E-state index is 14.8. The van der Waals surface area contributed by atoms with Crippen molar-refractivity contribution in [2.24, 2.45) is 0 Å². The van der Waals surface area contributed by atoms with Gasteiger partial charge in [0.15, 0.2) is 0 Å². The van der Waals surface area contributed by atoms with E-state index in [1.54, 1.807) is 36.5 Å². The van der Waals surface area contributed by atoms with E-state index in [0.717, 1.165) is 0 Å². The van der Waals surface area contributed by atoms with Crippen LogP contribution < -0.4 is 9.80 Å². The molecule has 1 atom stereocenters. The minimum Gasteiger partial charge on any atom is -0.454 e. The Morgan fingerprint density at radius 3 is 2.83 bits per heavy atom. The van der Waals surface area contributed by atoms with Crippen molar-refractivity contribution >= 4 is 23.4 Å². The SMILES string of the molecule is O=C(OCc1cn(C[C@H]2CN(c3ccc(N4CCOCC4)c(F)c3)C(=O)O2)nn1)c1ccccn1. The number of ether oxygens (including phenoxy) is 3. The van der Waals surface area contributed by atoms with Gasteiger partial charge in [-0.25, -0.2) is 23.6 Å². The van der Waals surface area contributed by atoms with Crippen LogP contribution in [0.25, 0.3) is 0 Å². The molecule has 1 aromatic carbocycles. The fourth-order valence-electron chi connectivity index (χ4n) is 3.95. The van der Waals surface area contributed by atoms with Gasteiger partial charge in [0.2, 0.25) is 0 Å². The lowest BCUT2D eigenvalue weighted by Gasteiger charge is -2.29. The number of aromatic nitrogens is 4. The summed E-state index contributed by atoms with van der Waals surface area (Å²) in [7, 11) is 0. The van der Waals surface area contributed by atoms with Crippen LogP contribution in [0.4, 0.5) is 20.6 Å². The standard InChI is InChI=1S/C23H23FN6O5/c24-19-11-17(4-5-21(19)28-7-9-33-10-8-28)30-14-18(35-23(30)32)13-29-12-16(26-27-29)15-34-22(31)20-3-1-2-6-25-20/h1-6,11-12,18H,7-10,13-15H2/t18-/m0/s1. The van der Waals surface area contributed by atoms with Crippen molar-refractivity contribution < 1.29 is 28.2 Å². The molecule has 2 aliphatic heterocycles. The first-order valence-electron chi connectivity index (χ1n) is 11.1. The van der Waals surface area contributed by atoms with Crippen LogP contribution >= 0.6 is 0 Å². The molecule has 35 heavy (non-hydrogen) atoms. The summed E-state index contributed by atoms with van der Waals surface area (Å²) in [5.74, 6) is -0.964. The molecule has 0 radical (unpaired) electrons. The van der Waals surface area contributed by atoms with Crippen LogP contribution in [-0.4, -0.2) is 71.0 Å². The molecule has 0 spiro atoms. The van der Waals surface area contributed by atoms with E-state index in [2.05, 4.69) is 15.3 Å². The van der Waals surface area contributed by atoms with Crippen molar-refractivity contribution in [3.05, 3.63) is 66.0 Å². The highest BCUT2D eigenvalue weighted by Crippen LogP contribution is 2.28. The van der Waals surface area contributed by atoms with Gasteiger partial charge >= 0.3 is 12.1 Å². The number of halogens is 1. The van der Waals surface area contributed by atoms with Gasteiger partial charge in [0.05, 0.1) is 43.9 Å². The summed E-state index contributed by atoms with van der Waals surface area (Å²) in [5.41, 5.74) is 1.55. The molecule has 182 valence electrons. The van der Waals surface area contributed by atoms with E-state index in [4.69, 9.17) is 14.2 Å². The van der Waals surface area contributed by atoms with Gasteiger partial charge in [0, 0.05) is 19.3 Å². The first-order chi connectivity index (χ1) is 17.1. The molecule has 2 aliphatic rings. The van der Waals surface area contributed by atoms with Gasteiger partial charge in [-0.3, -0.25) is 4.90 Å². The molecule has 5 rings (SSSR count). The molecule has 12 heteroatoms. The van der Waals surface area contributed by atoms with Crippen LogP contribution in [0.3, 0.4) is 0 Å². The Labute approximate surface area is 200 Å². The Kier molecular flexibility index (Phi) is 6.53. The van der Waals surface area contributed by atoms with Gasteiger partial charge in [-0.15, -0.1) is 5.10 Å². The third kappa shape index (κ3) is 5.22. The molecule has 3 aromatic rings. The summed E-state index contributed by atoms with van der Waals surface area (Å²) >= 11 is 0. The molecule has 2 aromatic heterocycles. The second-order valence-electron chi connectivity index (χ2n) is 8.07. The highest BCUT2D eigenvalue weighted by Gasteiger charge is 2.33. The normalized spacial score (nSPS) is 18.0. The maximum absolute atomic E-state index is 14.8. The summed E-state index contributed by atoms with van der Waals surface area (Å²) in [6, 6.07) is 9.68. The van der Waals surface area contributed by atoms with Gasteiger partial charge in [0.1, 0.15) is 29.9 Å². The molecule has 0 bridgehead atoms. The van der Waals surface area contributed by atoms with E-state index in [1.165, 1.54) is 21.8 Å². The fraction of sp³-hybridized carbons (Fsp3) is 0.348. The van der Waals surface area contributed by atoms with E-state index in [-0.39, 0.29) is 25.4 Å². The van der Waals surface area contributed by atoms with Crippen LogP contribution in [0, 0.1) is 5.82 Å². The van der Waals surface area contributed by atoms with E-state index >= 15 is 0 Å². The first-order valence-corrected chi connectivity index (χ1v) is 11.1. The minimum atomic E-state index is -0.563.